The molecule has 90 valence electrons. The van der Waals surface area contributed by atoms with Crippen LogP contribution in [0.1, 0.15) is 24.5 Å². The first-order chi connectivity index (χ1) is 8.04. The second-order valence-corrected chi connectivity index (χ2v) is 3.29. The lowest BCUT2D eigenvalue weighted by Gasteiger charge is -2.09. The van der Waals surface area contributed by atoms with Crippen molar-refractivity contribution in [3.8, 4) is 6.26 Å². The van der Waals surface area contributed by atoms with Crippen LogP contribution in [0.4, 0.5) is 8.78 Å². The van der Waals surface area contributed by atoms with Crippen molar-refractivity contribution < 1.29 is 23.4 Å². The van der Waals surface area contributed by atoms with Crippen molar-refractivity contribution in [3.63, 3.8) is 0 Å². The highest BCUT2D eigenvalue weighted by Crippen LogP contribution is 2.20. The Hall–Kier alpha value is -2.00. The Kier molecular flexibility index (Phi) is 4.55. The van der Waals surface area contributed by atoms with Crippen molar-refractivity contribution in [2.75, 3.05) is 0 Å². The molecule has 0 amide bonds. The molecule has 0 aromatic heterocycles. The minimum atomic E-state index is -1.11. The van der Waals surface area contributed by atoms with Crippen molar-refractivity contribution in [3.05, 3.63) is 35.4 Å². The number of hydrogen-bond acceptors (Lipinski definition) is 4. The molecule has 0 spiro atoms. The van der Waals surface area contributed by atoms with Crippen molar-refractivity contribution in [1.82, 2.24) is 0 Å². The number of nitriles is 1. The number of benzene rings is 1. The maximum Gasteiger partial charge on any atom is 0.321 e. The summed E-state index contributed by atoms with van der Waals surface area (Å²) in [5.41, 5.74) is 0.161. The smallest absolute Gasteiger partial charge is 0.321 e. The van der Waals surface area contributed by atoms with Crippen LogP contribution in [0.25, 0.3) is 0 Å². The predicted molar refractivity (Wildman–Crippen MR) is 52.3 cm³/mol. The minimum Gasteiger partial charge on any atom is -0.388 e. The first kappa shape index (κ1) is 13.1. The summed E-state index contributed by atoms with van der Waals surface area (Å²) in [6.45, 7) is 0. The number of halogens is 2. The summed E-state index contributed by atoms with van der Waals surface area (Å²) < 4.78 is 29.4. The van der Waals surface area contributed by atoms with Gasteiger partial charge in [-0.2, -0.15) is 0 Å². The van der Waals surface area contributed by atoms with Gasteiger partial charge in [0, 0.05) is 6.42 Å². The molecule has 0 radical (unpaired) electrons. The number of aliphatic hydroxyl groups excluding tert-OH is 1. The molecule has 0 aliphatic rings. The van der Waals surface area contributed by atoms with Gasteiger partial charge >= 0.3 is 5.97 Å². The minimum absolute atomic E-state index is 0.0361. The Balaban J connectivity index is 2.58. The maximum atomic E-state index is 12.8. The van der Waals surface area contributed by atoms with Gasteiger partial charge in [0.15, 0.2) is 11.6 Å². The van der Waals surface area contributed by atoms with Crippen LogP contribution in [-0.2, 0) is 9.53 Å². The van der Waals surface area contributed by atoms with E-state index in [2.05, 4.69) is 4.74 Å². The summed E-state index contributed by atoms with van der Waals surface area (Å²) in [5, 5.41) is 17.6. The molecule has 1 atom stereocenters. The summed E-state index contributed by atoms with van der Waals surface area (Å²) in [4.78, 5) is 10.8. The molecule has 1 unspecified atom stereocenters. The van der Waals surface area contributed by atoms with Gasteiger partial charge in [0.2, 0.25) is 0 Å². The van der Waals surface area contributed by atoms with Crippen LogP contribution in [-0.4, -0.2) is 11.1 Å². The van der Waals surface area contributed by atoms with Gasteiger partial charge in [-0.15, -0.1) is 5.26 Å². The molecule has 1 N–H and O–H groups in total. The zero-order valence-electron chi connectivity index (χ0n) is 8.69. The third-order valence-corrected chi connectivity index (χ3v) is 2.11. The lowest BCUT2D eigenvalue weighted by molar-refractivity contribution is -0.137. The molecule has 1 aromatic carbocycles. The Morgan fingerprint density at radius 2 is 2.18 bits per heavy atom. The van der Waals surface area contributed by atoms with Crippen LogP contribution in [0, 0.1) is 23.2 Å². The molecule has 1 aromatic rings. The molecule has 0 bridgehead atoms. The van der Waals surface area contributed by atoms with E-state index in [0.29, 0.717) is 0 Å². The van der Waals surface area contributed by atoms with Crippen molar-refractivity contribution >= 4 is 5.97 Å². The molecule has 0 fully saturated rings. The monoisotopic (exact) mass is 241 g/mol. The fourth-order valence-electron chi connectivity index (χ4n) is 1.24. The molecule has 17 heavy (non-hydrogen) atoms. The SMILES string of the molecule is N#COC(=O)CCC(O)c1ccc(F)c(F)c1. The highest BCUT2D eigenvalue weighted by molar-refractivity contribution is 5.70. The third kappa shape index (κ3) is 3.81. The zero-order chi connectivity index (χ0) is 12.8. The Labute approximate surface area is 96.0 Å². The van der Waals surface area contributed by atoms with E-state index in [4.69, 9.17) is 5.26 Å². The van der Waals surface area contributed by atoms with E-state index in [9.17, 15) is 18.7 Å². The second kappa shape index (κ2) is 5.92. The van der Waals surface area contributed by atoms with Gasteiger partial charge in [0.05, 0.1) is 6.10 Å². The average molecular weight is 241 g/mol. The Morgan fingerprint density at radius 1 is 1.47 bits per heavy atom. The molecule has 4 nitrogen and oxygen atoms in total. The van der Waals surface area contributed by atoms with Gasteiger partial charge in [-0.25, -0.2) is 8.78 Å². The van der Waals surface area contributed by atoms with E-state index in [1.165, 1.54) is 12.3 Å². The molecule has 0 heterocycles. The lowest BCUT2D eigenvalue weighted by Crippen LogP contribution is -2.05. The number of ether oxygens (including phenoxy) is 1. The average Bonchev–Trinajstić information content (AvgIpc) is 2.30. The van der Waals surface area contributed by atoms with Crippen LogP contribution in [0.5, 0.6) is 0 Å². The van der Waals surface area contributed by atoms with Crippen LogP contribution < -0.4 is 0 Å². The number of rotatable bonds is 4. The molecule has 0 saturated heterocycles. The molecule has 0 aliphatic heterocycles. The van der Waals surface area contributed by atoms with E-state index in [-0.39, 0.29) is 18.4 Å². The standard InChI is InChI=1S/C11H9F2NO3/c12-8-2-1-7(5-9(8)13)10(15)3-4-11(16)17-6-14/h1-2,5,10,15H,3-4H2. The molecular weight excluding hydrogens is 232 g/mol. The van der Waals surface area contributed by atoms with Crippen molar-refractivity contribution in [2.24, 2.45) is 0 Å². The van der Waals surface area contributed by atoms with E-state index in [1.807, 2.05) is 0 Å². The van der Waals surface area contributed by atoms with Gasteiger partial charge in [-0.05, 0) is 24.1 Å². The molecular formula is C11H9F2NO3. The fourth-order valence-corrected chi connectivity index (χ4v) is 1.24. The second-order valence-electron chi connectivity index (χ2n) is 3.29. The predicted octanol–water partition coefficient (Wildman–Crippen LogP) is 1.80. The van der Waals surface area contributed by atoms with Gasteiger partial charge in [0.25, 0.3) is 6.26 Å². The number of esters is 1. The van der Waals surface area contributed by atoms with Crippen LogP contribution in [0.2, 0.25) is 0 Å². The van der Waals surface area contributed by atoms with Crippen LogP contribution in [0.3, 0.4) is 0 Å². The molecule has 6 heteroatoms. The normalized spacial score (nSPS) is 11.6. The third-order valence-electron chi connectivity index (χ3n) is 2.11. The lowest BCUT2D eigenvalue weighted by atomic mass is 10.0. The van der Waals surface area contributed by atoms with E-state index in [0.717, 1.165) is 12.1 Å². The number of nitrogens with zero attached hydrogens (tertiary/aromatic N) is 1. The van der Waals surface area contributed by atoms with Gasteiger partial charge in [0.1, 0.15) is 0 Å². The van der Waals surface area contributed by atoms with E-state index < -0.39 is 23.7 Å². The number of carbonyl (C=O) groups is 1. The molecule has 0 aliphatic carbocycles. The van der Waals surface area contributed by atoms with Crippen LogP contribution in [0.15, 0.2) is 18.2 Å². The Bertz CT molecular complexity index is 457. The highest BCUT2D eigenvalue weighted by atomic mass is 19.2. The summed E-state index contributed by atoms with van der Waals surface area (Å²) in [6.07, 6.45) is -0.131. The van der Waals surface area contributed by atoms with Gasteiger partial charge < -0.3 is 9.84 Å². The number of hydrogen-bond donors (Lipinski definition) is 1. The number of carbonyl (C=O) groups excluding carboxylic acids is 1. The Morgan fingerprint density at radius 3 is 2.76 bits per heavy atom. The molecule has 0 saturated carbocycles. The zero-order valence-corrected chi connectivity index (χ0v) is 8.69. The van der Waals surface area contributed by atoms with Crippen LogP contribution >= 0.6 is 0 Å². The highest BCUT2D eigenvalue weighted by Gasteiger charge is 2.13. The van der Waals surface area contributed by atoms with Gasteiger partial charge in [-0.1, -0.05) is 6.07 Å². The first-order valence-corrected chi connectivity index (χ1v) is 4.76. The summed E-state index contributed by atoms with van der Waals surface area (Å²) in [5.74, 6) is -2.86. The topological polar surface area (TPSA) is 70.3 Å². The fraction of sp³-hybridized carbons (Fsp3) is 0.273. The van der Waals surface area contributed by atoms with Gasteiger partial charge in [-0.3, -0.25) is 4.79 Å². The summed E-state index contributed by atoms with van der Waals surface area (Å²) in [6, 6.07) is 2.97. The van der Waals surface area contributed by atoms with Crippen molar-refractivity contribution in [2.45, 2.75) is 18.9 Å². The maximum absolute atomic E-state index is 12.8. The van der Waals surface area contributed by atoms with Crippen molar-refractivity contribution in [1.29, 1.82) is 5.26 Å². The number of aliphatic hydroxyl groups is 1. The largest absolute Gasteiger partial charge is 0.388 e. The first-order valence-electron chi connectivity index (χ1n) is 4.76. The van der Waals surface area contributed by atoms with E-state index in [1.54, 1.807) is 0 Å². The summed E-state index contributed by atoms with van der Waals surface area (Å²) in [7, 11) is 0. The molecule has 1 rings (SSSR count). The van der Waals surface area contributed by atoms with E-state index >= 15 is 0 Å². The summed E-state index contributed by atoms with van der Waals surface area (Å²) >= 11 is 0. The quantitative estimate of drug-likeness (QED) is 0.644.